The summed E-state index contributed by atoms with van der Waals surface area (Å²) >= 11 is 0. The molecule has 0 unspecified atom stereocenters. The Morgan fingerprint density at radius 1 is 1.62 bits per heavy atom. The van der Waals surface area contributed by atoms with Crippen LogP contribution in [0, 0.1) is 0 Å². The van der Waals surface area contributed by atoms with Crippen LogP contribution in [0.4, 0.5) is 0 Å². The quantitative estimate of drug-likeness (QED) is 0.507. The van der Waals surface area contributed by atoms with E-state index in [1.165, 1.54) is 18.7 Å². The molecule has 7 heteroatoms. The number of hydrogen-bond acceptors (Lipinski definition) is 4. The molecule has 0 aliphatic heterocycles. The van der Waals surface area contributed by atoms with Crippen LogP contribution in [0.1, 0.15) is 14.8 Å². The second-order valence-corrected chi connectivity index (χ2v) is 3.93. The first-order valence-corrected chi connectivity index (χ1v) is 5.12. The van der Waals surface area contributed by atoms with Crippen LogP contribution in [-0.4, -0.2) is 23.9 Å². The minimum absolute atomic E-state index is 0. The number of imidazole rings is 1. The van der Waals surface area contributed by atoms with Gasteiger partial charge in [0, 0.05) is 6.20 Å². The van der Waals surface area contributed by atoms with Crippen molar-refractivity contribution in [2.45, 2.75) is 13.3 Å². The van der Waals surface area contributed by atoms with Crippen molar-refractivity contribution in [3.05, 3.63) is 18.7 Å². The first kappa shape index (κ1) is 13.0. The average Bonchev–Trinajstić information content (AvgIpc) is 2.38. The first-order valence-electron chi connectivity index (χ1n) is 3.54. The third kappa shape index (κ3) is 4.66. The van der Waals surface area contributed by atoms with Gasteiger partial charge in [-0.05, 0) is 6.42 Å². The monoisotopic (exact) mass is 214 g/mol. The molecule has 0 bridgehead atoms. The summed E-state index contributed by atoms with van der Waals surface area (Å²) < 4.78 is 27.7. The van der Waals surface area contributed by atoms with Gasteiger partial charge in [-0.3, -0.25) is 4.28 Å². The molecule has 1 aromatic heterocycles. The van der Waals surface area contributed by atoms with E-state index in [1.54, 1.807) is 6.92 Å². The van der Waals surface area contributed by atoms with Gasteiger partial charge in [-0.25, -0.2) is 4.98 Å². The summed E-state index contributed by atoms with van der Waals surface area (Å²) in [5, 5.41) is 0. The van der Waals surface area contributed by atoms with Gasteiger partial charge in [0.25, 0.3) is 0 Å². The van der Waals surface area contributed by atoms with Crippen LogP contribution in [0.25, 0.3) is 0 Å². The Kier molecular flexibility index (Phi) is 5.62. The van der Waals surface area contributed by atoms with Gasteiger partial charge in [0.1, 0.15) is 6.33 Å². The summed E-state index contributed by atoms with van der Waals surface area (Å²) in [5.74, 6) is 0.0190. The van der Waals surface area contributed by atoms with Gasteiger partial charge in [-0.2, -0.15) is 13.1 Å². The van der Waals surface area contributed by atoms with Crippen LogP contribution < -0.4 is 33.8 Å². The molecule has 0 saturated heterocycles. The van der Waals surface area contributed by atoms with Gasteiger partial charge in [0.15, 0.2) is 0 Å². The Morgan fingerprint density at radius 2 is 2.31 bits per heavy atom. The Hall–Kier alpha value is -0.0400. The number of rotatable bonds is 4. The summed E-state index contributed by atoms with van der Waals surface area (Å²) in [7, 11) is -3.43. The summed E-state index contributed by atoms with van der Waals surface area (Å²) in [5.41, 5.74) is 0. The SMILES string of the molecule is CCCS(=O)(=O)On1ccnc1.[H-].[Na+]. The van der Waals surface area contributed by atoms with E-state index in [9.17, 15) is 8.42 Å². The van der Waals surface area contributed by atoms with E-state index in [0.29, 0.717) is 6.42 Å². The van der Waals surface area contributed by atoms with Crippen molar-refractivity contribution >= 4 is 10.1 Å². The summed E-state index contributed by atoms with van der Waals surface area (Å²) in [6.45, 7) is 1.77. The van der Waals surface area contributed by atoms with Crippen LogP contribution in [0.15, 0.2) is 18.7 Å². The predicted octanol–water partition coefficient (Wildman–Crippen LogP) is -2.83. The molecule has 0 fully saturated rings. The zero-order valence-electron chi connectivity index (χ0n) is 8.67. The van der Waals surface area contributed by atoms with Gasteiger partial charge >= 0.3 is 39.7 Å². The van der Waals surface area contributed by atoms with Crippen LogP contribution in [-0.2, 0) is 10.1 Å². The van der Waals surface area contributed by atoms with Gasteiger partial charge < -0.3 is 1.43 Å². The van der Waals surface area contributed by atoms with Crippen molar-refractivity contribution in [3.63, 3.8) is 0 Å². The number of nitrogens with zero attached hydrogens (tertiary/aromatic N) is 2. The van der Waals surface area contributed by atoms with Crippen LogP contribution in [0.3, 0.4) is 0 Å². The molecule has 1 heterocycles. The van der Waals surface area contributed by atoms with Crippen molar-refractivity contribution < 1.29 is 43.7 Å². The minimum atomic E-state index is -3.43. The number of aromatic nitrogens is 2. The van der Waals surface area contributed by atoms with Gasteiger partial charge in [0.2, 0.25) is 0 Å². The third-order valence-electron chi connectivity index (χ3n) is 1.13. The molecular formula is C6H11N2NaO3S. The van der Waals surface area contributed by atoms with E-state index in [2.05, 4.69) is 9.27 Å². The van der Waals surface area contributed by atoms with Crippen LogP contribution >= 0.6 is 0 Å². The third-order valence-corrected chi connectivity index (χ3v) is 2.44. The largest absolute Gasteiger partial charge is 1.00 e. The maximum Gasteiger partial charge on any atom is 1.00 e. The van der Waals surface area contributed by atoms with E-state index < -0.39 is 10.1 Å². The topological polar surface area (TPSA) is 61.2 Å². The molecular weight excluding hydrogens is 203 g/mol. The fourth-order valence-corrected chi connectivity index (χ4v) is 1.63. The Balaban J connectivity index is 0. The molecule has 13 heavy (non-hydrogen) atoms. The predicted molar refractivity (Wildman–Crippen MR) is 44.0 cm³/mol. The molecule has 0 aromatic carbocycles. The molecule has 0 amide bonds. The molecule has 0 spiro atoms. The Morgan fingerprint density at radius 3 is 2.77 bits per heavy atom. The number of hydrogen-bond donors (Lipinski definition) is 0. The zero-order chi connectivity index (χ0) is 9.03. The van der Waals surface area contributed by atoms with Crippen LogP contribution in [0.5, 0.6) is 0 Å². The maximum atomic E-state index is 11.0. The second-order valence-electron chi connectivity index (χ2n) is 2.26. The van der Waals surface area contributed by atoms with Gasteiger partial charge in [0.05, 0.1) is 11.9 Å². The van der Waals surface area contributed by atoms with Gasteiger partial charge in [-0.1, -0.05) is 6.92 Å². The standard InChI is InChI=1S/C6H10N2O3S.Na.H/c1-2-5-12(9,10)11-8-4-3-7-6-8;;/h3-4,6H,2,5H2,1H3;;/q;+1;-1. The second kappa shape index (κ2) is 5.64. The molecule has 0 atom stereocenters. The molecule has 1 rings (SSSR count). The van der Waals surface area contributed by atoms with Crippen molar-refractivity contribution in [2.75, 3.05) is 5.75 Å². The minimum Gasteiger partial charge on any atom is -1.00 e. The zero-order valence-corrected chi connectivity index (χ0v) is 10.5. The van der Waals surface area contributed by atoms with Gasteiger partial charge in [-0.15, -0.1) is 0 Å². The average molecular weight is 214 g/mol. The van der Waals surface area contributed by atoms with E-state index in [1.807, 2.05) is 0 Å². The summed E-state index contributed by atoms with van der Waals surface area (Å²) in [6, 6.07) is 0. The molecule has 5 nitrogen and oxygen atoms in total. The molecule has 0 saturated carbocycles. The smallest absolute Gasteiger partial charge is 1.00 e. The van der Waals surface area contributed by atoms with E-state index in [4.69, 9.17) is 0 Å². The van der Waals surface area contributed by atoms with Crippen molar-refractivity contribution in [1.82, 2.24) is 9.71 Å². The Labute approximate surface area is 101 Å². The summed E-state index contributed by atoms with van der Waals surface area (Å²) in [4.78, 5) is 3.64. The van der Waals surface area contributed by atoms with E-state index in [-0.39, 0.29) is 36.7 Å². The molecule has 0 aliphatic rings. The molecule has 0 radical (unpaired) electrons. The van der Waals surface area contributed by atoms with Crippen molar-refractivity contribution in [1.29, 1.82) is 0 Å². The van der Waals surface area contributed by atoms with Crippen molar-refractivity contribution in [2.24, 2.45) is 0 Å². The maximum absolute atomic E-state index is 11.0. The van der Waals surface area contributed by atoms with E-state index in [0.717, 1.165) is 4.73 Å². The molecule has 0 N–H and O–H groups in total. The molecule has 70 valence electrons. The molecule has 1 aromatic rings. The van der Waals surface area contributed by atoms with Crippen LogP contribution in [0.2, 0.25) is 0 Å². The fraction of sp³-hybridized carbons (Fsp3) is 0.500. The normalized spacial score (nSPS) is 10.5. The first-order chi connectivity index (χ1) is 5.64. The molecule has 0 aliphatic carbocycles. The van der Waals surface area contributed by atoms with E-state index >= 15 is 0 Å². The fourth-order valence-electron chi connectivity index (χ4n) is 0.709. The summed E-state index contributed by atoms with van der Waals surface area (Å²) in [6.07, 6.45) is 4.69. The van der Waals surface area contributed by atoms with Crippen molar-refractivity contribution in [3.8, 4) is 0 Å². The Bertz CT molecular complexity index is 327.